The van der Waals surface area contributed by atoms with Crippen molar-refractivity contribution in [1.29, 1.82) is 0 Å². The molecular formula is C11H13N. The summed E-state index contributed by atoms with van der Waals surface area (Å²) in [6.07, 6.45) is 0.903. The largest absolute Gasteiger partial charge is 0.318 e. The van der Waals surface area contributed by atoms with Gasteiger partial charge in [-0.2, -0.15) is 0 Å². The van der Waals surface area contributed by atoms with Gasteiger partial charge in [-0.3, -0.25) is 0 Å². The number of nitrogens with two attached hydrogens (primary N) is 1. The second kappa shape index (κ2) is 4.58. The van der Waals surface area contributed by atoms with Crippen molar-refractivity contribution in [1.82, 2.24) is 0 Å². The first-order valence-electron chi connectivity index (χ1n) is 4.15. The summed E-state index contributed by atoms with van der Waals surface area (Å²) in [5.74, 6) is 6.00. The van der Waals surface area contributed by atoms with E-state index in [1.807, 2.05) is 37.3 Å². The van der Waals surface area contributed by atoms with E-state index in [9.17, 15) is 0 Å². The van der Waals surface area contributed by atoms with E-state index in [1.54, 1.807) is 0 Å². The quantitative estimate of drug-likeness (QED) is 0.621. The molecule has 62 valence electrons. The van der Waals surface area contributed by atoms with E-state index in [1.165, 1.54) is 0 Å². The fraction of sp³-hybridized carbons (Fsp3) is 0.273. The van der Waals surface area contributed by atoms with Gasteiger partial charge in [-0.1, -0.05) is 37.0 Å². The molecule has 12 heavy (non-hydrogen) atoms. The monoisotopic (exact) mass is 159 g/mol. The number of hydrogen-bond acceptors (Lipinski definition) is 1. The molecule has 1 unspecified atom stereocenters. The third-order valence-corrected chi connectivity index (χ3v) is 1.62. The molecule has 1 nitrogen and oxygen atoms in total. The molecule has 1 aromatic carbocycles. The zero-order chi connectivity index (χ0) is 8.81. The van der Waals surface area contributed by atoms with Crippen molar-refractivity contribution in [2.45, 2.75) is 19.4 Å². The Kier molecular flexibility index (Phi) is 3.37. The van der Waals surface area contributed by atoms with E-state index in [0.29, 0.717) is 0 Å². The van der Waals surface area contributed by atoms with Crippen molar-refractivity contribution >= 4 is 0 Å². The van der Waals surface area contributed by atoms with Crippen molar-refractivity contribution in [2.75, 3.05) is 0 Å². The smallest absolute Gasteiger partial charge is 0.0665 e. The maximum absolute atomic E-state index is 5.65. The molecule has 1 rings (SSSR count). The fourth-order valence-corrected chi connectivity index (χ4v) is 0.800. The summed E-state index contributed by atoms with van der Waals surface area (Å²) >= 11 is 0. The molecule has 1 heteroatoms. The molecule has 1 aromatic rings. The third kappa shape index (κ3) is 2.77. The van der Waals surface area contributed by atoms with Gasteiger partial charge < -0.3 is 5.73 Å². The van der Waals surface area contributed by atoms with Crippen molar-refractivity contribution in [3.05, 3.63) is 35.9 Å². The Bertz CT molecular complexity index is 279. The van der Waals surface area contributed by atoms with Crippen LogP contribution >= 0.6 is 0 Å². The van der Waals surface area contributed by atoms with Gasteiger partial charge in [0.2, 0.25) is 0 Å². The van der Waals surface area contributed by atoms with E-state index < -0.39 is 0 Å². The van der Waals surface area contributed by atoms with Gasteiger partial charge in [0, 0.05) is 5.56 Å². The second-order valence-electron chi connectivity index (χ2n) is 2.65. The van der Waals surface area contributed by atoms with E-state index in [0.717, 1.165) is 12.0 Å². The van der Waals surface area contributed by atoms with Gasteiger partial charge in [-0.25, -0.2) is 0 Å². The van der Waals surface area contributed by atoms with Crippen LogP contribution < -0.4 is 5.73 Å². The lowest BCUT2D eigenvalue weighted by atomic mass is 10.2. The molecule has 0 aliphatic carbocycles. The molecule has 0 radical (unpaired) electrons. The molecule has 0 bridgehead atoms. The van der Waals surface area contributed by atoms with Crippen molar-refractivity contribution in [3.63, 3.8) is 0 Å². The van der Waals surface area contributed by atoms with Gasteiger partial charge in [0.15, 0.2) is 0 Å². The van der Waals surface area contributed by atoms with Crippen LogP contribution in [0.5, 0.6) is 0 Å². The normalized spacial score (nSPS) is 11.5. The molecule has 0 aromatic heterocycles. The lowest BCUT2D eigenvalue weighted by molar-refractivity contribution is 0.806. The summed E-state index contributed by atoms with van der Waals surface area (Å²) < 4.78 is 0. The molecule has 0 saturated heterocycles. The predicted octanol–water partition coefficient (Wildman–Crippen LogP) is 1.78. The summed E-state index contributed by atoms with van der Waals surface area (Å²) in [6.45, 7) is 2.03. The molecule has 0 spiro atoms. The maximum Gasteiger partial charge on any atom is 0.0665 e. The molecule has 2 N–H and O–H groups in total. The highest BCUT2D eigenvalue weighted by atomic mass is 14.6. The molecule has 0 aliphatic heterocycles. The van der Waals surface area contributed by atoms with Gasteiger partial charge in [-0.05, 0) is 18.6 Å². The van der Waals surface area contributed by atoms with Gasteiger partial charge in [0.25, 0.3) is 0 Å². The minimum Gasteiger partial charge on any atom is -0.318 e. The van der Waals surface area contributed by atoms with Gasteiger partial charge in [0.1, 0.15) is 0 Å². The van der Waals surface area contributed by atoms with E-state index in [4.69, 9.17) is 5.73 Å². The number of benzene rings is 1. The summed E-state index contributed by atoms with van der Waals surface area (Å²) in [6, 6.07) is 9.89. The lowest BCUT2D eigenvalue weighted by Gasteiger charge is -1.95. The Morgan fingerprint density at radius 2 is 2.00 bits per heavy atom. The number of hydrogen-bond donors (Lipinski definition) is 1. The summed E-state index contributed by atoms with van der Waals surface area (Å²) in [4.78, 5) is 0. The first kappa shape index (κ1) is 8.83. The summed E-state index contributed by atoms with van der Waals surface area (Å²) in [7, 11) is 0. The highest BCUT2D eigenvalue weighted by molar-refractivity contribution is 5.34. The Morgan fingerprint density at radius 1 is 1.33 bits per heavy atom. The lowest BCUT2D eigenvalue weighted by Crippen LogP contribution is -2.15. The van der Waals surface area contributed by atoms with Crippen LogP contribution in [0.1, 0.15) is 18.9 Å². The Hall–Kier alpha value is -1.26. The predicted molar refractivity (Wildman–Crippen MR) is 51.6 cm³/mol. The fourth-order valence-electron chi connectivity index (χ4n) is 0.800. The SMILES string of the molecule is CCC(N)C#Cc1ccccc1. The van der Waals surface area contributed by atoms with Crippen LogP contribution in [0.15, 0.2) is 30.3 Å². The third-order valence-electron chi connectivity index (χ3n) is 1.62. The van der Waals surface area contributed by atoms with Crippen molar-refractivity contribution < 1.29 is 0 Å². The Morgan fingerprint density at radius 3 is 2.58 bits per heavy atom. The summed E-state index contributed by atoms with van der Waals surface area (Å²) in [5.41, 5.74) is 6.68. The molecule has 0 heterocycles. The van der Waals surface area contributed by atoms with Crippen LogP contribution in [0.2, 0.25) is 0 Å². The second-order valence-corrected chi connectivity index (χ2v) is 2.65. The minimum atomic E-state index is 0.00482. The van der Waals surface area contributed by atoms with Crippen LogP contribution in [0.25, 0.3) is 0 Å². The van der Waals surface area contributed by atoms with Crippen LogP contribution in [-0.4, -0.2) is 6.04 Å². The van der Waals surface area contributed by atoms with Crippen LogP contribution in [0.3, 0.4) is 0 Å². The van der Waals surface area contributed by atoms with E-state index >= 15 is 0 Å². The summed E-state index contributed by atoms with van der Waals surface area (Å²) in [5, 5.41) is 0. The average molecular weight is 159 g/mol. The first-order valence-corrected chi connectivity index (χ1v) is 4.15. The molecule has 1 atom stereocenters. The first-order chi connectivity index (χ1) is 5.83. The van der Waals surface area contributed by atoms with Gasteiger partial charge in [0.05, 0.1) is 6.04 Å². The average Bonchev–Trinajstić information content (AvgIpc) is 2.16. The van der Waals surface area contributed by atoms with E-state index in [-0.39, 0.29) is 6.04 Å². The maximum atomic E-state index is 5.65. The highest BCUT2D eigenvalue weighted by Gasteiger charge is 1.89. The number of rotatable bonds is 1. The Labute approximate surface area is 73.6 Å². The zero-order valence-corrected chi connectivity index (χ0v) is 7.25. The van der Waals surface area contributed by atoms with Gasteiger partial charge in [-0.15, -0.1) is 0 Å². The minimum absolute atomic E-state index is 0.00482. The van der Waals surface area contributed by atoms with Crippen molar-refractivity contribution in [3.8, 4) is 11.8 Å². The van der Waals surface area contributed by atoms with Crippen molar-refractivity contribution in [2.24, 2.45) is 5.73 Å². The molecule has 0 saturated carbocycles. The van der Waals surface area contributed by atoms with Crippen LogP contribution in [0.4, 0.5) is 0 Å². The molecule has 0 fully saturated rings. The highest BCUT2D eigenvalue weighted by Crippen LogP contribution is 1.95. The van der Waals surface area contributed by atoms with E-state index in [2.05, 4.69) is 11.8 Å². The zero-order valence-electron chi connectivity index (χ0n) is 7.25. The topological polar surface area (TPSA) is 26.0 Å². The molecule has 0 amide bonds. The van der Waals surface area contributed by atoms with Crippen LogP contribution in [-0.2, 0) is 0 Å². The van der Waals surface area contributed by atoms with Gasteiger partial charge >= 0.3 is 0 Å². The van der Waals surface area contributed by atoms with Crippen LogP contribution in [0, 0.1) is 11.8 Å². The Balaban J connectivity index is 2.67. The standard InChI is InChI=1S/C11H13N/c1-2-11(12)9-8-10-6-4-3-5-7-10/h3-7,11H,2,12H2,1H3. The molecule has 0 aliphatic rings. The molecular weight excluding hydrogens is 146 g/mol.